The maximum atomic E-state index is 5.53. The van der Waals surface area contributed by atoms with Gasteiger partial charge in [0.25, 0.3) is 0 Å². The lowest BCUT2D eigenvalue weighted by atomic mass is 10.4. The van der Waals surface area contributed by atoms with Crippen LogP contribution in [0, 0.1) is 6.92 Å². The first kappa shape index (κ1) is 13.2. The van der Waals surface area contributed by atoms with E-state index >= 15 is 0 Å². The van der Waals surface area contributed by atoms with Crippen molar-refractivity contribution in [3.8, 4) is 0 Å². The van der Waals surface area contributed by atoms with Crippen LogP contribution in [0.25, 0.3) is 0 Å². The van der Waals surface area contributed by atoms with Gasteiger partial charge < -0.3 is 5.73 Å². The molecule has 0 saturated heterocycles. The molecular weight excluding hydrogens is 185 g/mol. The predicted octanol–water partition coefficient (Wildman–Crippen LogP) is 1.64. The van der Waals surface area contributed by atoms with E-state index in [-0.39, 0.29) is 24.8 Å². The molecule has 0 bridgehead atoms. The monoisotopic (exact) mass is 197 g/mol. The molecule has 1 aromatic rings. The Morgan fingerprint density at radius 1 is 1.55 bits per heavy atom. The summed E-state index contributed by atoms with van der Waals surface area (Å²) < 4.78 is 1.82. The highest BCUT2D eigenvalue weighted by atomic mass is 35.5. The topological polar surface area (TPSA) is 43.8 Å². The molecule has 2 N–H and O–H groups in total. The molecule has 0 aliphatic carbocycles. The summed E-state index contributed by atoms with van der Waals surface area (Å²) in [6, 6.07) is 0. The summed E-state index contributed by atoms with van der Waals surface area (Å²) in [4.78, 5) is 0. The summed E-state index contributed by atoms with van der Waals surface area (Å²) in [7, 11) is 0. The maximum absolute atomic E-state index is 5.53. The summed E-state index contributed by atoms with van der Waals surface area (Å²) in [5.41, 5.74) is 7.22. The molecule has 0 fully saturated rings. The Hall–Kier alpha value is -0.410. The Morgan fingerprint density at radius 3 is 2.27 bits per heavy atom. The quantitative estimate of drug-likeness (QED) is 0.745. The third kappa shape index (κ3) is 2.99. The number of aryl methyl sites for hydroxylation is 2. The van der Waals surface area contributed by atoms with Gasteiger partial charge in [-0.1, -0.05) is 0 Å². The molecule has 0 radical (unpaired) electrons. The van der Waals surface area contributed by atoms with E-state index in [1.165, 1.54) is 0 Å². The fourth-order valence-electron chi connectivity index (χ4n) is 0.695. The van der Waals surface area contributed by atoms with Gasteiger partial charge in [-0.3, -0.25) is 4.68 Å². The van der Waals surface area contributed by atoms with Crippen LogP contribution in [0.2, 0.25) is 0 Å². The average molecular weight is 198 g/mol. The summed E-state index contributed by atoms with van der Waals surface area (Å²) in [6.07, 6.45) is 1.84. The minimum atomic E-state index is 0. The van der Waals surface area contributed by atoms with Gasteiger partial charge in [0.15, 0.2) is 0 Å². The molecule has 66 valence electrons. The van der Waals surface area contributed by atoms with Gasteiger partial charge in [-0.15, -0.1) is 24.8 Å². The Labute approximate surface area is 78.8 Å². The number of hydrogen-bond acceptors (Lipinski definition) is 2. The molecule has 1 heterocycles. The van der Waals surface area contributed by atoms with Crippen LogP contribution in [0.1, 0.15) is 12.6 Å². The van der Waals surface area contributed by atoms with E-state index in [0.29, 0.717) is 0 Å². The molecular formula is C6H13Cl2N3. The van der Waals surface area contributed by atoms with Crippen LogP contribution in [0.4, 0.5) is 5.69 Å². The summed E-state index contributed by atoms with van der Waals surface area (Å²) in [5, 5.41) is 4.12. The fraction of sp³-hybridized carbons (Fsp3) is 0.500. The van der Waals surface area contributed by atoms with E-state index in [2.05, 4.69) is 5.10 Å². The van der Waals surface area contributed by atoms with E-state index in [4.69, 9.17) is 5.73 Å². The number of anilines is 1. The Bertz CT molecular complexity index is 190. The fourth-order valence-corrected chi connectivity index (χ4v) is 0.695. The molecule has 0 aliphatic heterocycles. The number of nitrogens with zero attached hydrogens (tertiary/aromatic N) is 2. The standard InChI is InChI=1S/C6H11N3.2ClH/c1-3-9-4-6(7)5(2)8-9;;/h4H,3,7H2,1-2H3;2*1H. The van der Waals surface area contributed by atoms with Crippen molar-refractivity contribution >= 4 is 30.5 Å². The third-order valence-electron chi connectivity index (χ3n) is 1.31. The Kier molecular flexibility index (Phi) is 6.32. The minimum Gasteiger partial charge on any atom is -0.396 e. The van der Waals surface area contributed by atoms with E-state index in [0.717, 1.165) is 17.9 Å². The number of rotatable bonds is 1. The predicted molar refractivity (Wildman–Crippen MR) is 51.5 cm³/mol. The first-order valence-corrected chi connectivity index (χ1v) is 3.03. The largest absolute Gasteiger partial charge is 0.396 e. The van der Waals surface area contributed by atoms with Crippen LogP contribution in [0.3, 0.4) is 0 Å². The van der Waals surface area contributed by atoms with Gasteiger partial charge in [-0.25, -0.2) is 0 Å². The van der Waals surface area contributed by atoms with Crippen LogP contribution in [-0.4, -0.2) is 9.78 Å². The zero-order valence-electron chi connectivity index (χ0n) is 6.57. The van der Waals surface area contributed by atoms with Crippen molar-refractivity contribution in [2.45, 2.75) is 20.4 Å². The van der Waals surface area contributed by atoms with Crippen molar-refractivity contribution < 1.29 is 0 Å². The highest BCUT2D eigenvalue weighted by molar-refractivity contribution is 5.85. The van der Waals surface area contributed by atoms with E-state index < -0.39 is 0 Å². The van der Waals surface area contributed by atoms with E-state index in [9.17, 15) is 0 Å². The number of hydrogen-bond donors (Lipinski definition) is 1. The van der Waals surface area contributed by atoms with Gasteiger partial charge in [0, 0.05) is 12.7 Å². The number of halogens is 2. The number of nitrogen functional groups attached to an aromatic ring is 1. The summed E-state index contributed by atoms with van der Waals surface area (Å²) in [5.74, 6) is 0. The first-order chi connectivity index (χ1) is 4.24. The van der Waals surface area contributed by atoms with Crippen molar-refractivity contribution in [3.05, 3.63) is 11.9 Å². The average Bonchev–Trinajstić information content (AvgIpc) is 2.13. The second-order valence-electron chi connectivity index (χ2n) is 2.03. The third-order valence-corrected chi connectivity index (χ3v) is 1.31. The molecule has 0 atom stereocenters. The molecule has 1 aromatic heterocycles. The number of aromatic nitrogens is 2. The summed E-state index contributed by atoms with van der Waals surface area (Å²) in [6.45, 7) is 4.82. The Morgan fingerprint density at radius 2 is 2.09 bits per heavy atom. The second-order valence-corrected chi connectivity index (χ2v) is 2.03. The molecule has 0 spiro atoms. The van der Waals surface area contributed by atoms with Gasteiger partial charge in [-0.05, 0) is 13.8 Å². The SMILES string of the molecule is CCn1cc(N)c(C)n1.Cl.Cl. The maximum Gasteiger partial charge on any atom is 0.0822 e. The van der Waals surface area contributed by atoms with Crippen molar-refractivity contribution in [2.75, 3.05) is 5.73 Å². The first-order valence-electron chi connectivity index (χ1n) is 3.03. The Balaban J connectivity index is 0. The minimum absolute atomic E-state index is 0. The molecule has 0 amide bonds. The van der Waals surface area contributed by atoms with Crippen LogP contribution < -0.4 is 5.73 Å². The molecule has 11 heavy (non-hydrogen) atoms. The molecule has 0 aliphatic rings. The molecule has 3 nitrogen and oxygen atoms in total. The van der Waals surface area contributed by atoms with E-state index in [1.807, 2.05) is 24.7 Å². The number of nitrogens with two attached hydrogens (primary N) is 1. The zero-order valence-corrected chi connectivity index (χ0v) is 8.21. The molecule has 1 rings (SSSR count). The highest BCUT2D eigenvalue weighted by Crippen LogP contribution is 2.05. The highest BCUT2D eigenvalue weighted by Gasteiger charge is 1.96. The molecule has 5 heteroatoms. The van der Waals surface area contributed by atoms with Crippen molar-refractivity contribution in [2.24, 2.45) is 0 Å². The lowest BCUT2D eigenvalue weighted by Gasteiger charge is -1.88. The smallest absolute Gasteiger partial charge is 0.0822 e. The van der Waals surface area contributed by atoms with Gasteiger partial charge in [-0.2, -0.15) is 5.10 Å². The zero-order chi connectivity index (χ0) is 6.85. The lowest BCUT2D eigenvalue weighted by Crippen LogP contribution is -1.93. The van der Waals surface area contributed by atoms with Crippen LogP contribution >= 0.6 is 24.8 Å². The van der Waals surface area contributed by atoms with Crippen LogP contribution in [-0.2, 0) is 6.54 Å². The summed E-state index contributed by atoms with van der Waals surface area (Å²) >= 11 is 0. The molecule has 0 saturated carbocycles. The molecule has 0 unspecified atom stereocenters. The van der Waals surface area contributed by atoms with Gasteiger partial charge in [0.05, 0.1) is 11.4 Å². The van der Waals surface area contributed by atoms with Crippen molar-refractivity contribution in [1.29, 1.82) is 0 Å². The van der Waals surface area contributed by atoms with Gasteiger partial charge in [0.2, 0.25) is 0 Å². The normalized spacial score (nSPS) is 8.18. The van der Waals surface area contributed by atoms with Crippen molar-refractivity contribution in [3.63, 3.8) is 0 Å². The molecule has 0 aromatic carbocycles. The van der Waals surface area contributed by atoms with Crippen molar-refractivity contribution in [1.82, 2.24) is 9.78 Å². The van der Waals surface area contributed by atoms with Gasteiger partial charge >= 0.3 is 0 Å². The lowest BCUT2D eigenvalue weighted by molar-refractivity contribution is 0.653. The van der Waals surface area contributed by atoms with E-state index in [1.54, 1.807) is 0 Å². The second kappa shape index (κ2) is 5.27. The van der Waals surface area contributed by atoms with Crippen LogP contribution in [0.5, 0.6) is 0 Å². The van der Waals surface area contributed by atoms with Crippen LogP contribution in [0.15, 0.2) is 6.20 Å². The van der Waals surface area contributed by atoms with Gasteiger partial charge in [0.1, 0.15) is 0 Å².